The Hall–Kier alpha value is -1.23. The van der Waals surface area contributed by atoms with Gasteiger partial charge in [-0.3, -0.25) is 0 Å². The van der Waals surface area contributed by atoms with Crippen molar-refractivity contribution in [2.75, 3.05) is 13.2 Å². The minimum absolute atomic E-state index is 0.131. The number of ether oxygens (including phenoxy) is 1. The van der Waals surface area contributed by atoms with Crippen molar-refractivity contribution < 1.29 is 13.5 Å². The van der Waals surface area contributed by atoms with Gasteiger partial charge in [0, 0.05) is 12.1 Å². The summed E-state index contributed by atoms with van der Waals surface area (Å²) in [5.74, 6) is -1.58. The predicted molar refractivity (Wildman–Crippen MR) is 55.3 cm³/mol. The number of pyridine rings is 1. The van der Waals surface area contributed by atoms with E-state index < -0.39 is 11.6 Å². The molecule has 0 aliphatic carbocycles. The molecule has 0 spiro atoms. The molecule has 1 saturated heterocycles. The molecular formula is C11H14F2N2O. The molecule has 1 N–H and O–H groups in total. The average molecular weight is 228 g/mol. The molecule has 1 aromatic rings. The van der Waals surface area contributed by atoms with Crippen LogP contribution in [-0.4, -0.2) is 24.2 Å². The first-order valence-corrected chi connectivity index (χ1v) is 5.43. The highest BCUT2D eigenvalue weighted by Crippen LogP contribution is 2.15. The largest absolute Gasteiger partial charge is 0.474 e. The number of rotatable bonds is 3. The Morgan fingerprint density at radius 3 is 3.00 bits per heavy atom. The van der Waals surface area contributed by atoms with Crippen LogP contribution in [0.25, 0.3) is 0 Å². The maximum atomic E-state index is 13.2. The number of nitrogens with one attached hydrogen (secondary N) is 1. The van der Waals surface area contributed by atoms with E-state index in [-0.39, 0.29) is 11.9 Å². The fourth-order valence-corrected chi connectivity index (χ4v) is 1.75. The Balaban J connectivity index is 1.88. The van der Waals surface area contributed by atoms with Crippen LogP contribution < -0.4 is 10.1 Å². The highest BCUT2D eigenvalue weighted by molar-refractivity contribution is 5.14. The molecule has 0 radical (unpaired) electrons. The van der Waals surface area contributed by atoms with Crippen LogP contribution in [-0.2, 0) is 0 Å². The zero-order valence-corrected chi connectivity index (χ0v) is 8.88. The Kier molecular flexibility index (Phi) is 3.66. The monoisotopic (exact) mass is 228 g/mol. The van der Waals surface area contributed by atoms with Gasteiger partial charge in [0.15, 0.2) is 5.82 Å². The molecule has 5 heteroatoms. The minimum Gasteiger partial charge on any atom is -0.474 e. The summed E-state index contributed by atoms with van der Waals surface area (Å²) in [7, 11) is 0. The van der Waals surface area contributed by atoms with Gasteiger partial charge in [-0.25, -0.2) is 13.8 Å². The lowest BCUT2D eigenvalue weighted by molar-refractivity contribution is 0.222. The standard InChI is InChI=1S/C11H14F2N2O/c12-8-5-10(13)11(15-6-8)16-7-9-3-1-2-4-14-9/h5-6,9,14H,1-4,7H2. The first-order valence-electron chi connectivity index (χ1n) is 5.43. The van der Waals surface area contributed by atoms with Gasteiger partial charge < -0.3 is 10.1 Å². The summed E-state index contributed by atoms with van der Waals surface area (Å²) in [6.45, 7) is 1.34. The lowest BCUT2D eigenvalue weighted by atomic mass is 10.1. The van der Waals surface area contributed by atoms with Gasteiger partial charge in [0.2, 0.25) is 0 Å². The summed E-state index contributed by atoms with van der Waals surface area (Å²) >= 11 is 0. The van der Waals surface area contributed by atoms with Crippen molar-refractivity contribution in [3.63, 3.8) is 0 Å². The second kappa shape index (κ2) is 5.21. The van der Waals surface area contributed by atoms with E-state index in [1.54, 1.807) is 0 Å². The molecule has 1 unspecified atom stereocenters. The van der Waals surface area contributed by atoms with Gasteiger partial charge in [0.05, 0.1) is 6.20 Å². The molecule has 2 rings (SSSR count). The van der Waals surface area contributed by atoms with Crippen LogP contribution in [0.1, 0.15) is 19.3 Å². The summed E-state index contributed by atoms with van der Waals surface area (Å²) in [5.41, 5.74) is 0. The van der Waals surface area contributed by atoms with E-state index in [1.807, 2.05) is 0 Å². The van der Waals surface area contributed by atoms with Crippen molar-refractivity contribution in [1.29, 1.82) is 0 Å². The van der Waals surface area contributed by atoms with Gasteiger partial charge >= 0.3 is 0 Å². The fraction of sp³-hybridized carbons (Fsp3) is 0.545. The molecule has 2 heterocycles. The normalized spacial score (nSPS) is 20.8. The number of hydrogen-bond donors (Lipinski definition) is 1. The van der Waals surface area contributed by atoms with Crippen LogP contribution in [0.2, 0.25) is 0 Å². The van der Waals surface area contributed by atoms with Crippen molar-refractivity contribution >= 4 is 0 Å². The highest BCUT2D eigenvalue weighted by atomic mass is 19.1. The quantitative estimate of drug-likeness (QED) is 0.857. The number of halogens is 2. The van der Waals surface area contributed by atoms with Crippen molar-refractivity contribution in [3.8, 4) is 5.88 Å². The SMILES string of the molecule is Fc1cnc(OCC2CCCCN2)c(F)c1. The van der Waals surface area contributed by atoms with Gasteiger partial charge in [-0.1, -0.05) is 6.42 Å². The number of nitrogens with zero attached hydrogens (tertiary/aromatic N) is 1. The summed E-state index contributed by atoms with van der Waals surface area (Å²) in [6.07, 6.45) is 4.29. The highest BCUT2D eigenvalue weighted by Gasteiger charge is 2.14. The molecule has 1 aromatic heterocycles. The summed E-state index contributed by atoms with van der Waals surface area (Å²) in [5, 5.41) is 3.27. The minimum atomic E-state index is -0.754. The van der Waals surface area contributed by atoms with Crippen LogP contribution in [0.3, 0.4) is 0 Å². The van der Waals surface area contributed by atoms with Crippen LogP contribution in [0.4, 0.5) is 8.78 Å². The molecule has 0 aromatic carbocycles. The summed E-state index contributed by atoms with van der Waals surface area (Å²) < 4.78 is 30.9. The molecular weight excluding hydrogens is 214 g/mol. The number of aromatic nitrogens is 1. The number of piperidine rings is 1. The van der Waals surface area contributed by atoms with Crippen LogP contribution in [0, 0.1) is 11.6 Å². The Morgan fingerprint density at radius 2 is 2.31 bits per heavy atom. The van der Waals surface area contributed by atoms with Crippen molar-refractivity contribution in [3.05, 3.63) is 23.9 Å². The van der Waals surface area contributed by atoms with E-state index in [0.29, 0.717) is 6.61 Å². The average Bonchev–Trinajstić information content (AvgIpc) is 2.29. The molecule has 3 nitrogen and oxygen atoms in total. The van der Waals surface area contributed by atoms with Crippen LogP contribution in [0.15, 0.2) is 12.3 Å². The predicted octanol–water partition coefficient (Wildman–Crippen LogP) is 1.88. The van der Waals surface area contributed by atoms with E-state index in [2.05, 4.69) is 10.3 Å². The van der Waals surface area contributed by atoms with Crippen molar-refractivity contribution in [2.45, 2.75) is 25.3 Å². The zero-order chi connectivity index (χ0) is 11.4. The second-order valence-electron chi connectivity index (χ2n) is 3.90. The third kappa shape index (κ3) is 2.88. The molecule has 1 aliphatic rings. The molecule has 1 aliphatic heterocycles. The van der Waals surface area contributed by atoms with Gasteiger partial charge in [-0.15, -0.1) is 0 Å². The van der Waals surface area contributed by atoms with Gasteiger partial charge in [-0.2, -0.15) is 0 Å². The lowest BCUT2D eigenvalue weighted by Crippen LogP contribution is -2.38. The molecule has 1 fully saturated rings. The third-order valence-electron chi connectivity index (χ3n) is 2.61. The Labute approximate surface area is 92.8 Å². The van der Waals surface area contributed by atoms with Crippen molar-refractivity contribution in [2.24, 2.45) is 0 Å². The van der Waals surface area contributed by atoms with Gasteiger partial charge in [0.1, 0.15) is 12.4 Å². The summed E-state index contributed by atoms with van der Waals surface area (Å²) in [4.78, 5) is 3.56. The molecule has 0 saturated carbocycles. The smallest absolute Gasteiger partial charge is 0.250 e. The van der Waals surface area contributed by atoms with Crippen LogP contribution in [0.5, 0.6) is 5.88 Å². The third-order valence-corrected chi connectivity index (χ3v) is 2.61. The van der Waals surface area contributed by atoms with E-state index in [4.69, 9.17) is 4.74 Å². The molecule has 0 bridgehead atoms. The molecule has 1 atom stereocenters. The first-order chi connectivity index (χ1) is 7.75. The molecule has 0 amide bonds. The van der Waals surface area contributed by atoms with Crippen molar-refractivity contribution in [1.82, 2.24) is 10.3 Å². The van der Waals surface area contributed by atoms with Gasteiger partial charge in [-0.05, 0) is 19.4 Å². The van der Waals surface area contributed by atoms with E-state index in [1.165, 1.54) is 6.42 Å². The van der Waals surface area contributed by atoms with Crippen LogP contribution >= 0.6 is 0 Å². The lowest BCUT2D eigenvalue weighted by Gasteiger charge is -2.23. The maximum absolute atomic E-state index is 13.2. The summed E-state index contributed by atoms with van der Waals surface area (Å²) in [6, 6.07) is 1.01. The number of hydrogen-bond acceptors (Lipinski definition) is 3. The topological polar surface area (TPSA) is 34.1 Å². The van der Waals surface area contributed by atoms with Gasteiger partial charge in [0.25, 0.3) is 5.88 Å². The van der Waals surface area contributed by atoms with E-state index >= 15 is 0 Å². The second-order valence-corrected chi connectivity index (χ2v) is 3.90. The Morgan fingerprint density at radius 1 is 1.44 bits per heavy atom. The molecule has 88 valence electrons. The maximum Gasteiger partial charge on any atom is 0.250 e. The first kappa shape index (κ1) is 11.3. The zero-order valence-electron chi connectivity index (χ0n) is 8.88. The fourth-order valence-electron chi connectivity index (χ4n) is 1.75. The molecule has 16 heavy (non-hydrogen) atoms. The van der Waals surface area contributed by atoms with E-state index in [9.17, 15) is 8.78 Å². The Bertz CT molecular complexity index is 354. The van der Waals surface area contributed by atoms with E-state index in [0.717, 1.165) is 31.6 Å².